The molecule has 5 heteroatoms. The minimum Gasteiger partial charge on any atom is -0.435 e. The molecule has 17 heavy (non-hydrogen) atoms. The molecule has 1 atom stereocenters. The van der Waals surface area contributed by atoms with E-state index in [-0.39, 0.29) is 18.3 Å². The lowest BCUT2D eigenvalue weighted by Gasteiger charge is -2.15. The van der Waals surface area contributed by atoms with Crippen molar-refractivity contribution in [1.82, 2.24) is 5.32 Å². The van der Waals surface area contributed by atoms with Crippen LogP contribution in [0.3, 0.4) is 0 Å². The lowest BCUT2D eigenvalue weighted by Crippen LogP contribution is -2.20. The van der Waals surface area contributed by atoms with Crippen LogP contribution in [0.25, 0.3) is 0 Å². The largest absolute Gasteiger partial charge is 0.435 e. The summed E-state index contributed by atoms with van der Waals surface area (Å²) in [5, 5.41) is 11.5. The van der Waals surface area contributed by atoms with Gasteiger partial charge in [-0.2, -0.15) is 14.0 Å². The topological polar surface area (TPSA) is 45.0 Å². The van der Waals surface area contributed by atoms with Crippen molar-refractivity contribution >= 4 is 0 Å². The first kappa shape index (κ1) is 13.4. The fraction of sp³-hybridized carbons (Fsp3) is 0.417. The molecule has 0 aliphatic heterocycles. The third-order valence-electron chi connectivity index (χ3n) is 2.34. The summed E-state index contributed by atoms with van der Waals surface area (Å²) in [5.41, 5.74) is 0.948. The highest BCUT2D eigenvalue weighted by Gasteiger charge is 2.09. The van der Waals surface area contributed by atoms with Gasteiger partial charge in [0.25, 0.3) is 0 Å². The van der Waals surface area contributed by atoms with Gasteiger partial charge in [-0.1, -0.05) is 19.1 Å². The molecule has 1 aromatic rings. The summed E-state index contributed by atoms with van der Waals surface area (Å²) < 4.78 is 28.1. The summed E-state index contributed by atoms with van der Waals surface area (Å²) in [7, 11) is 0. The van der Waals surface area contributed by atoms with Crippen molar-refractivity contribution in [3.8, 4) is 11.8 Å². The smallest absolute Gasteiger partial charge is 0.387 e. The van der Waals surface area contributed by atoms with Crippen LogP contribution in [-0.4, -0.2) is 13.2 Å². The summed E-state index contributed by atoms with van der Waals surface area (Å²) in [5.74, 6) is 0.138. The van der Waals surface area contributed by atoms with Gasteiger partial charge in [0.1, 0.15) is 5.75 Å². The van der Waals surface area contributed by atoms with Crippen molar-refractivity contribution in [1.29, 1.82) is 5.26 Å². The van der Waals surface area contributed by atoms with E-state index >= 15 is 0 Å². The molecule has 0 amide bonds. The van der Waals surface area contributed by atoms with Crippen LogP contribution >= 0.6 is 0 Å². The fourth-order valence-electron chi connectivity index (χ4n) is 1.55. The zero-order valence-corrected chi connectivity index (χ0v) is 9.49. The normalized spacial score (nSPS) is 12.2. The first-order valence-corrected chi connectivity index (χ1v) is 5.32. The van der Waals surface area contributed by atoms with Gasteiger partial charge in [0.15, 0.2) is 0 Å². The number of halogens is 2. The second-order valence-electron chi connectivity index (χ2n) is 3.45. The summed E-state index contributed by atoms with van der Waals surface area (Å²) >= 11 is 0. The van der Waals surface area contributed by atoms with E-state index in [2.05, 4.69) is 10.1 Å². The summed E-state index contributed by atoms with van der Waals surface area (Å²) in [6.45, 7) is -0.564. The second-order valence-corrected chi connectivity index (χ2v) is 3.45. The maximum atomic E-state index is 11.9. The van der Waals surface area contributed by atoms with Gasteiger partial charge >= 0.3 is 6.61 Å². The molecule has 92 valence electrons. The lowest BCUT2D eigenvalue weighted by molar-refractivity contribution is -0.0498. The van der Waals surface area contributed by atoms with Crippen LogP contribution in [0.5, 0.6) is 5.75 Å². The third-order valence-corrected chi connectivity index (χ3v) is 2.34. The highest BCUT2D eigenvalue weighted by molar-refractivity contribution is 5.29. The van der Waals surface area contributed by atoms with Crippen molar-refractivity contribution in [2.24, 2.45) is 0 Å². The molecule has 0 fully saturated rings. The average molecular weight is 240 g/mol. The van der Waals surface area contributed by atoms with Gasteiger partial charge in [-0.05, 0) is 24.1 Å². The summed E-state index contributed by atoms with van der Waals surface area (Å²) in [6, 6.07) is 8.49. The number of ether oxygens (including phenoxy) is 1. The molecule has 0 aromatic heterocycles. The Kier molecular flexibility index (Phi) is 5.37. The first-order chi connectivity index (χ1) is 8.17. The van der Waals surface area contributed by atoms with Crippen LogP contribution in [0.4, 0.5) is 8.78 Å². The van der Waals surface area contributed by atoms with Gasteiger partial charge in [0.2, 0.25) is 0 Å². The highest BCUT2D eigenvalue weighted by Crippen LogP contribution is 2.21. The molecular weight excluding hydrogens is 226 g/mol. The number of benzene rings is 1. The third kappa shape index (κ3) is 4.37. The first-order valence-electron chi connectivity index (χ1n) is 5.32. The Hall–Kier alpha value is -1.67. The maximum Gasteiger partial charge on any atom is 0.387 e. The molecule has 0 saturated heterocycles. The van der Waals surface area contributed by atoms with E-state index in [1.807, 2.05) is 13.0 Å². The van der Waals surface area contributed by atoms with E-state index in [0.717, 1.165) is 12.0 Å². The number of rotatable bonds is 6. The molecular formula is C12H14F2N2O. The van der Waals surface area contributed by atoms with Crippen molar-refractivity contribution in [3.05, 3.63) is 29.8 Å². The molecule has 0 unspecified atom stereocenters. The average Bonchev–Trinajstić information content (AvgIpc) is 2.31. The number of nitrogens with one attached hydrogen (secondary N) is 1. The second kappa shape index (κ2) is 6.81. The maximum absolute atomic E-state index is 11.9. The van der Waals surface area contributed by atoms with Gasteiger partial charge < -0.3 is 4.74 Å². The van der Waals surface area contributed by atoms with Crippen molar-refractivity contribution in [2.75, 3.05) is 6.54 Å². The molecule has 0 heterocycles. The molecule has 0 bridgehead atoms. The Morgan fingerprint density at radius 1 is 1.35 bits per heavy atom. The van der Waals surface area contributed by atoms with E-state index in [0.29, 0.717) is 0 Å². The number of alkyl halides is 2. The molecule has 3 nitrogen and oxygen atoms in total. The Balaban J connectivity index is 2.68. The van der Waals surface area contributed by atoms with Crippen molar-refractivity contribution in [2.45, 2.75) is 26.0 Å². The Labute approximate surface area is 99.0 Å². The van der Waals surface area contributed by atoms with E-state index in [4.69, 9.17) is 5.26 Å². The molecule has 0 radical (unpaired) electrons. The van der Waals surface area contributed by atoms with Crippen molar-refractivity contribution in [3.63, 3.8) is 0 Å². The van der Waals surface area contributed by atoms with E-state index in [1.54, 1.807) is 12.1 Å². The van der Waals surface area contributed by atoms with Crippen LogP contribution in [0.2, 0.25) is 0 Å². The zero-order chi connectivity index (χ0) is 12.7. The summed E-state index contributed by atoms with van der Waals surface area (Å²) in [6.07, 6.45) is 0.816. The quantitative estimate of drug-likeness (QED) is 0.777. The molecule has 0 spiro atoms. The standard InChI is InChI=1S/C12H14F2N2O/c1-2-11(16-8-7-15)9-3-5-10(6-4-9)17-12(13)14/h3-6,11-12,16H,2,8H2,1H3/t11-/m0/s1. The Morgan fingerprint density at radius 2 is 2.00 bits per heavy atom. The van der Waals surface area contributed by atoms with Gasteiger partial charge in [0, 0.05) is 6.04 Å². The molecule has 0 aliphatic rings. The molecule has 0 aliphatic carbocycles. The minimum atomic E-state index is -2.81. The molecule has 1 rings (SSSR count). The Bertz CT molecular complexity index is 373. The Morgan fingerprint density at radius 3 is 2.47 bits per heavy atom. The van der Waals surface area contributed by atoms with E-state index in [1.165, 1.54) is 12.1 Å². The number of nitrogens with zero attached hydrogens (tertiary/aromatic N) is 1. The molecule has 1 N–H and O–H groups in total. The van der Waals surface area contributed by atoms with E-state index in [9.17, 15) is 8.78 Å². The van der Waals surface area contributed by atoms with Gasteiger partial charge in [-0.15, -0.1) is 0 Å². The predicted octanol–water partition coefficient (Wildman–Crippen LogP) is 2.85. The molecule has 1 aromatic carbocycles. The fourth-order valence-corrected chi connectivity index (χ4v) is 1.55. The SMILES string of the molecule is CC[C@H](NCC#N)c1ccc(OC(F)F)cc1. The van der Waals surface area contributed by atoms with Gasteiger partial charge in [0.05, 0.1) is 12.6 Å². The predicted molar refractivity (Wildman–Crippen MR) is 59.7 cm³/mol. The van der Waals surface area contributed by atoms with Crippen LogP contribution in [0.15, 0.2) is 24.3 Å². The zero-order valence-electron chi connectivity index (χ0n) is 9.49. The van der Waals surface area contributed by atoms with Gasteiger partial charge in [-0.3, -0.25) is 5.32 Å². The number of hydrogen-bond donors (Lipinski definition) is 1. The highest BCUT2D eigenvalue weighted by atomic mass is 19.3. The number of hydrogen-bond acceptors (Lipinski definition) is 3. The van der Waals surface area contributed by atoms with Crippen LogP contribution in [0.1, 0.15) is 24.9 Å². The van der Waals surface area contributed by atoms with E-state index < -0.39 is 6.61 Å². The lowest BCUT2D eigenvalue weighted by atomic mass is 10.0. The molecule has 0 saturated carbocycles. The van der Waals surface area contributed by atoms with Crippen molar-refractivity contribution < 1.29 is 13.5 Å². The monoisotopic (exact) mass is 240 g/mol. The number of nitriles is 1. The summed E-state index contributed by atoms with van der Waals surface area (Å²) in [4.78, 5) is 0. The minimum absolute atomic E-state index is 0.0512. The van der Waals surface area contributed by atoms with Crippen LogP contribution < -0.4 is 10.1 Å². The van der Waals surface area contributed by atoms with Gasteiger partial charge in [-0.25, -0.2) is 0 Å². The van der Waals surface area contributed by atoms with Crippen LogP contribution in [0, 0.1) is 11.3 Å². The van der Waals surface area contributed by atoms with Crippen LogP contribution in [-0.2, 0) is 0 Å².